The van der Waals surface area contributed by atoms with Crippen molar-refractivity contribution in [3.05, 3.63) is 29.8 Å². The Morgan fingerprint density at radius 3 is 3.00 bits per heavy atom. The van der Waals surface area contributed by atoms with Crippen molar-refractivity contribution in [2.75, 3.05) is 11.5 Å². The first kappa shape index (κ1) is 14.1. The second-order valence-corrected chi connectivity index (χ2v) is 7.39. The average Bonchev–Trinajstić information content (AvgIpc) is 2.95. The van der Waals surface area contributed by atoms with E-state index in [2.05, 4.69) is 9.97 Å². The maximum Gasteiger partial charge on any atom is 0.313 e. The lowest BCUT2D eigenvalue weighted by atomic mass is 10.3. The molecule has 1 unspecified atom stereocenters. The number of carbonyl (C=O) groups is 1. The van der Waals surface area contributed by atoms with Gasteiger partial charge in [-0.1, -0.05) is 11.8 Å². The topological polar surface area (TPSA) is 102 Å². The van der Waals surface area contributed by atoms with Gasteiger partial charge in [-0.05, 0) is 18.2 Å². The summed E-state index contributed by atoms with van der Waals surface area (Å²) in [4.78, 5) is 19.3. The zero-order valence-electron chi connectivity index (χ0n) is 10.7. The van der Waals surface area contributed by atoms with Crippen LogP contribution in [0.25, 0.3) is 11.2 Å². The Labute approximate surface area is 124 Å². The molecular formula is C12H11N3O4S2. The zero-order valence-corrected chi connectivity index (χ0v) is 12.3. The van der Waals surface area contributed by atoms with Gasteiger partial charge in [0.1, 0.15) is 5.52 Å². The number of carboxylic acid groups (broad SMARTS) is 1. The summed E-state index contributed by atoms with van der Waals surface area (Å²) < 4.78 is 24.9. The molecule has 0 aromatic carbocycles. The molecule has 1 aliphatic heterocycles. The molecule has 0 saturated heterocycles. The summed E-state index contributed by atoms with van der Waals surface area (Å²) in [6.07, 6.45) is 3.18. The number of thioether (sulfide) groups is 1. The lowest BCUT2D eigenvalue weighted by Crippen LogP contribution is -2.13. The van der Waals surface area contributed by atoms with Gasteiger partial charge in [-0.2, -0.15) is 0 Å². The van der Waals surface area contributed by atoms with Crippen LogP contribution >= 0.6 is 11.8 Å². The highest BCUT2D eigenvalue weighted by atomic mass is 32.2. The van der Waals surface area contributed by atoms with Crippen molar-refractivity contribution in [1.29, 1.82) is 0 Å². The van der Waals surface area contributed by atoms with E-state index in [0.29, 0.717) is 16.3 Å². The Morgan fingerprint density at radius 2 is 2.33 bits per heavy atom. The Morgan fingerprint density at radius 1 is 1.52 bits per heavy atom. The third-order valence-electron chi connectivity index (χ3n) is 2.98. The Bertz CT molecular complexity index is 841. The number of hydrogen-bond donors (Lipinski definition) is 1. The summed E-state index contributed by atoms with van der Waals surface area (Å²) in [5.74, 6) is -1.16. The van der Waals surface area contributed by atoms with Gasteiger partial charge < -0.3 is 5.11 Å². The first-order valence-electron chi connectivity index (χ1n) is 6.05. The van der Waals surface area contributed by atoms with E-state index in [0.717, 1.165) is 11.8 Å². The molecule has 0 spiro atoms. The molecule has 2 aromatic rings. The lowest BCUT2D eigenvalue weighted by Gasteiger charge is -2.12. The van der Waals surface area contributed by atoms with Crippen LogP contribution in [0.5, 0.6) is 0 Å². The fourth-order valence-corrected chi connectivity index (χ4v) is 4.20. The van der Waals surface area contributed by atoms with Crippen molar-refractivity contribution < 1.29 is 18.3 Å². The van der Waals surface area contributed by atoms with Gasteiger partial charge in [-0.3, -0.25) is 9.36 Å². The number of allylic oxidation sites excluding steroid dienone is 1. The number of aromatic nitrogens is 3. The Hall–Kier alpha value is -1.87. The van der Waals surface area contributed by atoms with Crippen LogP contribution in [0.15, 0.2) is 35.0 Å². The lowest BCUT2D eigenvalue weighted by molar-refractivity contribution is -0.133. The predicted molar refractivity (Wildman–Crippen MR) is 77.9 cm³/mol. The molecule has 0 amide bonds. The average molecular weight is 325 g/mol. The molecule has 1 aliphatic rings. The quantitative estimate of drug-likeness (QED) is 0.839. The number of hydrogen-bond acceptors (Lipinski definition) is 6. The van der Waals surface area contributed by atoms with E-state index in [-0.39, 0.29) is 11.5 Å². The standard InChI is InChI=1S/C12H11N3O4S2/c16-10(17)6-20-12-14-9-2-1-4-13-11(9)15(12)8-3-5-21(18,19)7-8/h1-5,8H,6-7H2,(H,16,17). The van der Waals surface area contributed by atoms with E-state index in [1.807, 2.05) is 0 Å². The van der Waals surface area contributed by atoms with Crippen LogP contribution in [-0.2, 0) is 14.6 Å². The minimum absolute atomic E-state index is 0.0599. The highest BCUT2D eigenvalue weighted by Crippen LogP contribution is 2.30. The largest absolute Gasteiger partial charge is 0.481 e. The number of nitrogens with zero attached hydrogens (tertiary/aromatic N) is 3. The van der Waals surface area contributed by atoms with Crippen LogP contribution in [0.3, 0.4) is 0 Å². The molecule has 0 aliphatic carbocycles. The Balaban J connectivity index is 2.08. The zero-order chi connectivity index (χ0) is 15.0. The fourth-order valence-electron chi connectivity index (χ4n) is 2.16. The fraction of sp³-hybridized carbons (Fsp3) is 0.250. The molecule has 2 aromatic heterocycles. The molecule has 1 atom stereocenters. The molecule has 3 heterocycles. The van der Waals surface area contributed by atoms with Crippen LogP contribution in [0.2, 0.25) is 0 Å². The normalized spacial score (nSPS) is 20.1. The summed E-state index contributed by atoms with van der Waals surface area (Å²) in [6, 6.07) is 3.08. The molecule has 21 heavy (non-hydrogen) atoms. The van der Waals surface area contributed by atoms with Crippen molar-refractivity contribution in [3.63, 3.8) is 0 Å². The monoisotopic (exact) mass is 325 g/mol. The van der Waals surface area contributed by atoms with E-state index in [1.54, 1.807) is 29.0 Å². The van der Waals surface area contributed by atoms with Crippen LogP contribution in [-0.4, -0.2) is 45.5 Å². The summed E-state index contributed by atoms with van der Waals surface area (Å²) in [7, 11) is -3.22. The molecule has 1 N–H and O–H groups in total. The van der Waals surface area contributed by atoms with E-state index < -0.39 is 21.8 Å². The minimum Gasteiger partial charge on any atom is -0.481 e. The first-order valence-corrected chi connectivity index (χ1v) is 8.75. The Kier molecular flexibility index (Phi) is 3.46. The molecule has 9 heteroatoms. The van der Waals surface area contributed by atoms with E-state index in [4.69, 9.17) is 5.11 Å². The van der Waals surface area contributed by atoms with Gasteiger partial charge in [0.15, 0.2) is 20.6 Å². The van der Waals surface area contributed by atoms with Crippen molar-refractivity contribution in [2.24, 2.45) is 0 Å². The molecule has 7 nitrogen and oxygen atoms in total. The maximum absolute atomic E-state index is 11.6. The van der Waals surface area contributed by atoms with E-state index in [9.17, 15) is 13.2 Å². The van der Waals surface area contributed by atoms with Gasteiger partial charge >= 0.3 is 5.97 Å². The van der Waals surface area contributed by atoms with Crippen molar-refractivity contribution in [1.82, 2.24) is 14.5 Å². The highest BCUT2D eigenvalue weighted by molar-refractivity contribution is 7.99. The number of aliphatic carboxylic acids is 1. The van der Waals surface area contributed by atoms with Gasteiger partial charge in [0.05, 0.1) is 17.5 Å². The van der Waals surface area contributed by atoms with Crippen LogP contribution in [0.4, 0.5) is 0 Å². The molecule has 0 fully saturated rings. The van der Waals surface area contributed by atoms with Crippen LogP contribution in [0, 0.1) is 0 Å². The van der Waals surface area contributed by atoms with Crippen molar-refractivity contribution >= 4 is 38.7 Å². The second-order valence-electron chi connectivity index (χ2n) is 4.52. The molecule has 0 saturated carbocycles. The summed E-state index contributed by atoms with van der Waals surface area (Å²) in [5, 5.41) is 10.4. The number of rotatable bonds is 4. The van der Waals surface area contributed by atoms with Gasteiger partial charge in [0, 0.05) is 11.6 Å². The van der Waals surface area contributed by atoms with E-state index in [1.165, 1.54) is 5.41 Å². The van der Waals surface area contributed by atoms with Crippen LogP contribution < -0.4 is 0 Å². The first-order chi connectivity index (χ1) is 9.96. The van der Waals surface area contributed by atoms with Crippen LogP contribution in [0.1, 0.15) is 6.04 Å². The smallest absolute Gasteiger partial charge is 0.313 e. The molecule has 3 rings (SSSR count). The molecule has 110 valence electrons. The molecule has 0 radical (unpaired) electrons. The number of carboxylic acids is 1. The van der Waals surface area contributed by atoms with Gasteiger partial charge in [-0.25, -0.2) is 18.4 Å². The molecule has 0 bridgehead atoms. The summed E-state index contributed by atoms with van der Waals surface area (Å²) >= 11 is 1.05. The summed E-state index contributed by atoms with van der Waals surface area (Å²) in [5.41, 5.74) is 1.17. The van der Waals surface area contributed by atoms with Gasteiger partial charge in [0.25, 0.3) is 0 Å². The predicted octanol–water partition coefficient (Wildman–Crippen LogP) is 1.09. The third kappa shape index (κ3) is 2.79. The number of imidazole rings is 1. The SMILES string of the molecule is O=C(O)CSc1nc2cccnc2n1C1C=CS(=O)(=O)C1. The maximum atomic E-state index is 11.6. The molecular weight excluding hydrogens is 314 g/mol. The summed E-state index contributed by atoms with van der Waals surface area (Å²) in [6.45, 7) is 0. The third-order valence-corrected chi connectivity index (χ3v) is 5.30. The minimum atomic E-state index is -3.22. The van der Waals surface area contributed by atoms with Gasteiger partial charge in [0.2, 0.25) is 0 Å². The van der Waals surface area contributed by atoms with E-state index >= 15 is 0 Å². The number of fused-ring (bicyclic) bond motifs is 1. The second kappa shape index (κ2) is 5.15. The number of pyridine rings is 1. The van der Waals surface area contributed by atoms with Crippen molar-refractivity contribution in [2.45, 2.75) is 11.2 Å². The highest BCUT2D eigenvalue weighted by Gasteiger charge is 2.27. The number of sulfone groups is 1. The van der Waals surface area contributed by atoms with Gasteiger partial charge in [-0.15, -0.1) is 0 Å². The van der Waals surface area contributed by atoms with Crippen molar-refractivity contribution in [3.8, 4) is 0 Å².